The van der Waals surface area contributed by atoms with E-state index in [-0.39, 0.29) is 24.1 Å². The molecule has 6 nitrogen and oxygen atoms in total. The third kappa shape index (κ3) is 3.23. The van der Waals surface area contributed by atoms with Crippen molar-refractivity contribution in [3.8, 4) is 0 Å². The van der Waals surface area contributed by atoms with Gasteiger partial charge in [-0.25, -0.2) is 9.37 Å². The van der Waals surface area contributed by atoms with Crippen LogP contribution < -0.4 is 10.6 Å². The zero-order valence-corrected chi connectivity index (χ0v) is 12.7. The number of aromatic nitrogens is 2. The first-order valence-corrected chi connectivity index (χ1v) is 7.39. The zero-order chi connectivity index (χ0) is 16.4. The molecule has 0 fully saturated rings. The molecule has 2 heterocycles. The van der Waals surface area contributed by atoms with E-state index in [1.165, 1.54) is 18.2 Å². The lowest BCUT2D eigenvalue weighted by molar-refractivity contribution is -0.132. The van der Waals surface area contributed by atoms with Gasteiger partial charge in [-0.15, -0.1) is 0 Å². The van der Waals surface area contributed by atoms with Gasteiger partial charge in [0.05, 0.1) is 0 Å². The van der Waals surface area contributed by atoms with Crippen molar-refractivity contribution in [2.24, 2.45) is 5.92 Å². The van der Waals surface area contributed by atoms with Gasteiger partial charge in [-0.05, 0) is 37.1 Å². The van der Waals surface area contributed by atoms with E-state index in [9.17, 15) is 14.0 Å². The lowest BCUT2D eigenvalue weighted by Crippen LogP contribution is -2.42. The number of fused-ring (bicyclic) bond motifs is 1. The van der Waals surface area contributed by atoms with E-state index in [0.29, 0.717) is 24.3 Å². The number of nitrogens with zero attached hydrogens (tertiary/aromatic N) is 2. The van der Waals surface area contributed by atoms with E-state index >= 15 is 0 Å². The molecule has 1 aliphatic rings. The van der Waals surface area contributed by atoms with Crippen molar-refractivity contribution in [3.63, 3.8) is 0 Å². The van der Waals surface area contributed by atoms with Crippen molar-refractivity contribution in [1.29, 1.82) is 0 Å². The zero-order valence-electron chi connectivity index (χ0n) is 12.7. The van der Waals surface area contributed by atoms with Gasteiger partial charge in [-0.3, -0.25) is 9.59 Å². The first kappa shape index (κ1) is 15.2. The average Bonchev–Trinajstić information content (AvgIpc) is 2.92. The first-order valence-electron chi connectivity index (χ1n) is 7.39. The van der Waals surface area contributed by atoms with Crippen LogP contribution in [0.2, 0.25) is 0 Å². The molecule has 2 N–H and O–H groups in total. The van der Waals surface area contributed by atoms with Crippen LogP contribution in [0.25, 0.3) is 0 Å². The van der Waals surface area contributed by atoms with Gasteiger partial charge in [0.15, 0.2) is 0 Å². The standard InChI is InChI=1S/C16H17FN4O2/c1-10-18-4-6-21(10)7-5-19-15(22)13-9-11-8-12(17)2-3-14(11)20-16(13)23/h2-4,6,8,13H,5,7,9H2,1H3,(H,19,22)(H,20,23). The van der Waals surface area contributed by atoms with Crippen molar-refractivity contribution >= 4 is 17.5 Å². The SMILES string of the molecule is Cc1nccn1CCNC(=O)C1Cc2cc(F)ccc2NC1=O. The molecule has 2 aromatic rings. The molecule has 1 aliphatic heterocycles. The summed E-state index contributed by atoms with van der Waals surface area (Å²) in [4.78, 5) is 28.4. The molecule has 3 rings (SSSR count). The average molecular weight is 316 g/mol. The van der Waals surface area contributed by atoms with Gasteiger partial charge in [0.25, 0.3) is 0 Å². The van der Waals surface area contributed by atoms with E-state index in [0.717, 1.165) is 5.82 Å². The van der Waals surface area contributed by atoms with Crippen LogP contribution in [0.3, 0.4) is 0 Å². The fourth-order valence-corrected chi connectivity index (χ4v) is 2.66. The topological polar surface area (TPSA) is 76.0 Å². The number of carbonyl (C=O) groups is 2. The van der Waals surface area contributed by atoms with Crippen molar-refractivity contribution in [1.82, 2.24) is 14.9 Å². The lowest BCUT2D eigenvalue weighted by Gasteiger charge is -2.24. The quantitative estimate of drug-likeness (QED) is 0.834. The van der Waals surface area contributed by atoms with Gasteiger partial charge in [-0.2, -0.15) is 0 Å². The van der Waals surface area contributed by atoms with E-state index in [1.807, 2.05) is 17.7 Å². The normalized spacial score (nSPS) is 16.6. The van der Waals surface area contributed by atoms with Crippen molar-refractivity contribution in [2.45, 2.75) is 19.9 Å². The Kier molecular flexibility index (Phi) is 4.10. The fraction of sp³-hybridized carbons (Fsp3) is 0.312. The Morgan fingerprint density at radius 2 is 2.35 bits per heavy atom. The maximum Gasteiger partial charge on any atom is 0.237 e. The molecule has 0 aliphatic carbocycles. The first-order chi connectivity index (χ1) is 11.0. The molecule has 23 heavy (non-hydrogen) atoms. The predicted molar refractivity (Wildman–Crippen MR) is 82.2 cm³/mol. The highest BCUT2D eigenvalue weighted by molar-refractivity contribution is 6.08. The summed E-state index contributed by atoms with van der Waals surface area (Å²) in [7, 11) is 0. The highest BCUT2D eigenvalue weighted by Crippen LogP contribution is 2.26. The summed E-state index contributed by atoms with van der Waals surface area (Å²) in [6.07, 6.45) is 3.72. The molecular formula is C16H17FN4O2. The molecule has 0 bridgehead atoms. The lowest BCUT2D eigenvalue weighted by atomic mass is 9.92. The second-order valence-electron chi connectivity index (χ2n) is 5.51. The summed E-state index contributed by atoms with van der Waals surface area (Å²) in [6, 6.07) is 4.15. The minimum atomic E-state index is -0.840. The highest BCUT2D eigenvalue weighted by Gasteiger charge is 2.32. The Balaban J connectivity index is 1.61. The number of hydrogen-bond donors (Lipinski definition) is 2. The molecule has 2 amide bonds. The summed E-state index contributed by atoms with van der Waals surface area (Å²) in [6.45, 7) is 2.86. The Labute approximate surface area is 132 Å². The van der Waals surface area contributed by atoms with Gasteiger partial charge in [0, 0.05) is 31.2 Å². The number of nitrogens with one attached hydrogen (secondary N) is 2. The predicted octanol–water partition coefficient (Wildman–Crippen LogP) is 1.26. The summed E-state index contributed by atoms with van der Waals surface area (Å²) < 4.78 is 15.2. The maximum absolute atomic E-state index is 13.3. The maximum atomic E-state index is 13.3. The molecule has 0 saturated carbocycles. The van der Waals surface area contributed by atoms with Gasteiger partial charge in [-0.1, -0.05) is 0 Å². The number of halogens is 1. The molecule has 0 spiro atoms. The van der Waals surface area contributed by atoms with Crippen LogP contribution in [0.1, 0.15) is 11.4 Å². The smallest absolute Gasteiger partial charge is 0.237 e. The largest absolute Gasteiger partial charge is 0.354 e. The van der Waals surface area contributed by atoms with Gasteiger partial charge < -0.3 is 15.2 Å². The monoisotopic (exact) mass is 316 g/mol. The molecule has 1 aromatic heterocycles. The summed E-state index contributed by atoms with van der Waals surface area (Å²) >= 11 is 0. The Hall–Kier alpha value is -2.70. The third-order valence-corrected chi connectivity index (χ3v) is 3.96. The van der Waals surface area contributed by atoms with Crippen LogP contribution in [0.15, 0.2) is 30.6 Å². The van der Waals surface area contributed by atoms with Crippen LogP contribution in [0, 0.1) is 18.7 Å². The number of imidazole rings is 1. The van der Waals surface area contributed by atoms with Gasteiger partial charge in [0.2, 0.25) is 11.8 Å². The number of rotatable bonds is 4. The van der Waals surface area contributed by atoms with Crippen molar-refractivity contribution in [2.75, 3.05) is 11.9 Å². The Morgan fingerprint density at radius 1 is 1.52 bits per heavy atom. The summed E-state index contributed by atoms with van der Waals surface area (Å²) in [5.74, 6) is -1.07. The van der Waals surface area contributed by atoms with Crippen LogP contribution in [0.5, 0.6) is 0 Å². The molecule has 0 saturated heterocycles. The molecule has 7 heteroatoms. The number of hydrogen-bond acceptors (Lipinski definition) is 3. The van der Waals surface area contributed by atoms with E-state index in [4.69, 9.17) is 0 Å². The summed E-state index contributed by atoms with van der Waals surface area (Å²) in [5, 5.41) is 5.40. The molecule has 1 aromatic carbocycles. The molecule has 1 atom stereocenters. The molecule has 120 valence electrons. The van der Waals surface area contributed by atoms with Gasteiger partial charge in [0.1, 0.15) is 17.6 Å². The summed E-state index contributed by atoms with van der Waals surface area (Å²) in [5.41, 5.74) is 1.20. The highest BCUT2D eigenvalue weighted by atomic mass is 19.1. The Morgan fingerprint density at radius 3 is 3.09 bits per heavy atom. The third-order valence-electron chi connectivity index (χ3n) is 3.96. The molecule has 1 unspecified atom stereocenters. The number of carbonyl (C=O) groups excluding carboxylic acids is 2. The van der Waals surface area contributed by atoms with Crippen molar-refractivity contribution in [3.05, 3.63) is 47.8 Å². The molecule has 0 radical (unpaired) electrons. The second kappa shape index (κ2) is 6.20. The number of anilines is 1. The second-order valence-corrected chi connectivity index (χ2v) is 5.51. The number of benzene rings is 1. The minimum Gasteiger partial charge on any atom is -0.354 e. The van der Waals surface area contributed by atoms with Crippen molar-refractivity contribution < 1.29 is 14.0 Å². The van der Waals surface area contributed by atoms with E-state index in [1.54, 1.807) is 6.20 Å². The van der Waals surface area contributed by atoms with Crippen LogP contribution >= 0.6 is 0 Å². The van der Waals surface area contributed by atoms with Crippen LogP contribution in [0.4, 0.5) is 10.1 Å². The van der Waals surface area contributed by atoms with Gasteiger partial charge >= 0.3 is 0 Å². The Bertz CT molecular complexity index is 756. The molecular weight excluding hydrogens is 299 g/mol. The van der Waals surface area contributed by atoms with Crippen LogP contribution in [-0.2, 0) is 22.6 Å². The van der Waals surface area contributed by atoms with Crippen LogP contribution in [-0.4, -0.2) is 27.9 Å². The van der Waals surface area contributed by atoms with E-state index in [2.05, 4.69) is 15.6 Å². The minimum absolute atomic E-state index is 0.203. The number of aryl methyl sites for hydroxylation is 1. The number of amides is 2. The fourth-order valence-electron chi connectivity index (χ4n) is 2.66. The van der Waals surface area contributed by atoms with E-state index < -0.39 is 5.92 Å².